The van der Waals surface area contributed by atoms with Crippen LogP contribution in [0.2, 0.25) is 0 Å². The van der Waals surface area contributed by atoms with Gasteiger partial charge >= 0.3 is 0 Å². The second kappa shape index (κ2) is 6.96. The van der Waals surface area contributed by atoms with Crippen LogP contribution in [0, 0.1) is 46.3 Å². The summed E-state index contributed by atoms with van der Waals surface area (Å²) < 4.78 is 6.51. The Balaban J connectivity index is 1.33. The molecule has 10 atom stereocenters. The molecule has 4 saturated carbocycles. The first-order valence-electron chi connectivity index (χ1n) is 13.1. The van der Waals surface area contributed by atoms with E-state index in [1.165, 1.54) is 57.8 Å². The molecule has 0 radical (unpaired) electrons. The molecule has 1 saturated heterocycles. The van der Waals surface area contributed by atoms with Crippen molar-refractivity contribution in [2.24, 2.45) is 46.3 Å². The molecule has 1 aliphatic heterocycles. The van der Waals surface area contributed by atoms with E-state index in [9.17, 15) is 5.11 Å². The second-order valence-electron chi connectivity index (χ2n) is 13.0. The molecule has 5 rings (SSSR count). The number of hydrogen-bond donors (Lipinski definition) is 1. The van der Waals surface area contributed by atoms with Gasteiger partial charge in [0.15, 0.2) is 0 Å². The van der Waals surface area contributed by atoms with E-state index >= 15 is 0 Å². The summed E-state index contributed by atoms with van der Waals surface area (Å²) in [6.45, 7) is 12.6. The van der Waals surface area contributed by atoms with Crippen LogP contribution in [0.15, 0.2) is 0 Å². The van der Waals surface area contributed by atoms with Crippen LogP contribution in [0.1, 0.15) is 105 Å². The number of epoxide rings is 1. The summed E-state index contributed by atoms with van der Waals surface area (Å²) in [7, 11) is 0. The quantitative estimate of drug-likeness (QED) is 0.413. The maximum Gasteiger partial charge on any atom is 0.103 e. The number of fused-ring (bicyclic) bond motifs is 4. The number of ether oxygens (including phenoxy) is 1. The molecule has 5 aliphatic rings. The fourth-order valence-corrected chi connectivity index (χ4v) is 9.68. The largest absolute Gasteiger partial charge is 0.393 e. The van der Waals surface area contributed by atoms with Gasteiger partial charge in [0.1, 0.15) is 5.60 Å². The molecular formula is C27H46O2. The van der Waals surface area contributed by atoms with Crippen molar-refractivity contribution in [1.29, 1.82) is 0 Å². The molecule has 0 aromatic heterocycles. The molecule has 1 N–H and O–H groups in total. The third-order valence-electron chi connectivity index (χ3n) is 11.3. The topological polar surface area (TPSA) is 32.8 Å². The maximum atomic E-state index is 10.4. The van der Waals surface area contributed by atoms with E-state index in [0.29, 0.717) is 16.9 Å². The molecule has 0 bridgehead atoms. The number of hydrogen-bond acceptors (Lipinski definition) is 2. The Bertz CT molecular complexity index is 630. The van der Waals surface area contributed by atoms with E-state index in [1.807, 2.05) is 0 Å². The molecule has 4 aliphatic carbocycles. The van der Waals surface area contributed by atoms with Crippen molar-refractivity contribution in [2.45, 2.75) is 123 Å². The fourth-order valence-electron chi connectivity index (χ4n) is 9.68. The van der Waals surface area contributed by atoms with Gasteiger partial charge in [0.2, 0.25) is 0 Å². The minimum Gasteiger partial charge on any atom is -0.393 e. The van der Waals surface area contributed by atoms with Gasteiger partial charge in [0, 0.05) is 11.8 Å². The summed E-state index contributed by atoms with van der Waals surface area (Å²) in [5.74, 6) is 5.31. The first-order chi connectivity index (χ1) is 13.7. The van der Waals surface area contributed by atoms with E-state index in [1.54, 1.807) is 0 Å². The summed E-state index contributed by atoms with van der Waals surface area (Å²) in [5, 5.41) is 10.4. The highest BCUT2D eigenvalue weighted by atomic mass is 18.2. The van der Waals surface area contributed by atoms with Gasteiger partial charge in [-0.15, -0.1) is 0 Å². The summed E-state index contributed by atoms with van der Waals surface area (Å²) in [5.41, 5.74) is 0.932. The smallest absolute Gasteiger partial charge is 0.103 e. The van der Waals surface area contributed by atoms with Crippen LogP contribution in [-0.2, 0) is 4.74 Å². The lowest BCUT2D eigenvalue weighted by Gasteiger charge is -2.59. The zero-order chi connectivity index (χ0) is 20.6. The van der Waals surface area contributed by atoms with E-state index in [-0.39, 0.29) is 11.7 Å². The molecular weight excluding hydrogens is 358 g/mol. The zero-order valence-electron chi connectivity index (χ0n) is 19.8. The second-order valence-corrected chi connectivity index (χ2v) is 13.0. The third kappa shape index (κ3) is 2.94. The molecule has 1 spiro atoms. The van der Waals surface area contributed by atoms with Gasteiger partial charge in [0.05, 0.1) is 12.2 Å². The van der Waals surface area contributed by atoms with E-state index < -0.39 is 0 Å². The molecule has 29 heavy (non-hydrogen) atoms. The Morgan fingerprint density at radius 1 is 0.966 bits per heavy atom. The lowest BCUT2D eigenvalue weighted by molar-refractivity contribution is -0.116. The van der Waals surface area contributed by atoms with Gasteiger partial charge in [-0.05, 0) is 85.9 Å². The Morgan fingerprint density at radius 2 is 1.76 bits per heavy atom. The molecule has 5 fully saturated rings. The average Bonchev–Trinajstić information content (AvgIpc) is 3.22. The van der Waals surface area contributed by atoms with Gasteiger partial charge in [-0.1, -0.05) is 53.9 Å². The van der Waals surface area contributed by atoms with E-state index in [2.05, 4.69) is 34.6 Å². The molecule has 2 nitrogen and oxygen atoms in total. The highest BCUT2D eigenvalue weighted by molar-refractivity contribution is 5.24. The minimum absolute atomic E-state index is 0.0434. The van der Waals surface area contributed by atoms with Gasteiger partial charge in [0.25, 0.3) is 0 Å². The minimum atomic E-state index is -0.124. The molecule has 0 amide bonds. The summed E-state index contributed by atoms with van der Waals surface area (Å²) in [6.07, 6.45) is 14.8. The van der Waals surface area contributed by atoms with Crippen LogP contribution in [0.5, 0.6) is 0 Å². The standard InChI is InChI=1S/C27H46O2/c1-17(2)7-6-8-18(3)21-9-10-22-20-15-24-27(29-24)16-19(28)11-14-26(27,5)23(20)12-13-25(21,22)4/h17-24,28H,6-16H2,1-5H3/t18-,19+,20+,21-,22+,23+,24+,25-,26-,27+/m1/s1/i28+2. The fraction of sp³-hybridized carbons (Fsp3) is 1.00. The average molecular weight is 405 g/mol. The predicted molar refractivity (Wildman–Crippen MR) is 119 cm³/mol. The molecule has 166 valence electrons. The molecule has 0 unspecified atom stereocenters. The Morgan fingerprint density at radius 3 is 2.52 bits per heavy atom. The van der Waals surface area contributed by atoms with Gasteiger partial charge in [-0.25, -0.2) is 0 Å². The number of aliphatic hydroxyl groups excluding tert-OH is 1. The lowest BCUT2D eigenvalue weighted by Crippen LogP contribution is -2.58. The maximum absolute atomic E-state index is 10.4. The highest BCUT2D eigenvalue weighted by Gasteiger charge is 2.76. The van der Waals surface area contributed by atoms with Crippen molar-refractivity contribution < 1.29 is 9.84 Å². The SMILES string of the molecule is CC(C)CCC[C@@H](C)[C@H]1CC[C@H]2[C@@H]3C[C@@H]4O[C@@]45C[C@@H]([18OH])CC[C@]5(C)[C@H]3CC[C@]12C. The van der Waals surface area contributed by atoms with Crippen LogP contribution in [0.4, 0.5) is 0 Å². The van der Waals surface area contributed by atoms with E-state index in [0.717, 1.165) is 48.3 Å². The summed E-state index contributed by atoms with van der Waals surface area (Å²) in [6, 6.07) is 0. The van der Waals surface area contributed by atoms with Crippen LogP contribution >= 0.6 is 0 Å². The van der Waals surface area contributed by atoms with Crippen molar-refractivity contribution in [2.75, 3.05) is 0 Å². The third-order valence-corrected chi connectivity index (χ3v) is 11.3. The highest BCUT2D eigenvalue weighted by Crippen LogP contribution is 2.74. The first kappa shape index (κ1) is 20.8. The molecule has 1 heterocycles. The van der Waals surface area contributed by atoms with Crippen molar-refractivity contribution >= 4 is 0 Å². The number of aliphatic hydroxyl groups is 1. The Kier molecular flexibility index (Phi) is 4.99. The Hall–Kier alpha value is -0.0800. The predicted octanol–water partition coefficient (Wildman–Crippen LogP) is 6.60. The first-order valence-corrected chi connectivity index (χ1v) is 13.1. The van der Waals surface area contributed by atoms with Crippen molar-refractivity contribution in [1.82, 2.24) is 0 Å². The van der Waals surface area contributed by atoms with Crippen molar-refractivity contribution in [3.63, 3.8) is 0 Å². The monoisotopic (exact) mass is 404 g/mol. The normalized spacial score (nSPS) is 54.3. The molecule has 0 aromatic carbocycles. The van der Waals surface area contributed by atoms with Crippen LogP contribution < -0.4 is 0 Å². The summed E-state index contributed by atoms with van der Waals surface area (Å²) in [4.78, 5) is 0. The van der Waals surface area contributed by atoms with Crippen LogP contribution in [0.25, 0.3) is 0 Å². The molecule has 2 heteroatoms. The Labute approximate surface area is 179 Å². The number of rotatable bonds is 5. The molecule has 0 aromatic rings. The van der Waals surface area contributed by atoms with Crippen LogP contribution in [-0.4, -0.2) is 22.9 Å². The van der Waals surface area contributed by atoms with Gasteiger partial charge in [-0.3, -0.25) is 0 Å². The lowest BCUT2D eigenvalue weighted by atomic mass is 9.44. The van der Waals surface area contributed by atoms with Crippen molar-refractivity contribution in [3.05, 3.63) is 0 Å². The van der Waals surface area contributed by atoms with Gasteiger partial charge in [-0.2, -0.15) is 0 Å². The van der Waals surface area contributed by atoms with Gasteiger partial charge < -0.3 is 9.84 Å². The van der Waals surface area contributed by atoms with E-state index in [4.69, 9.17) is 4.74 Å². The van der Waals surface area contributed by atoms with Crippen molar-refractivity contribution in [3.8, 4) is 0 Å². The zero-order valence-corrected chi connectivity index (χ0v) is 19.8. The van der Waals surface area contributed by atoms with Crippen LogP contribution in [0.3, 0.4) is 0 Å². The summed E-state index contributed by atoms with van der Waals surface area (Å²) >= 11 is 0.